The van der Waals surface area contributed by atoms with E-state index in [9.17, 15) is 0 Å². The molecule has 0 bridgehead atoms. The largest absolute Gasteiger partial charge is 0.272 e. The van der Waals surface area contributed by atoms with Gasteiger partial charge in [-0.15, -0.1) is 0 Å². The average molecular weight is 204 g/mol. The van der Waals surface area contributed by atoms with Gasteiger partial charge in [0.2, 0.25) is 0 Å². The van der Waals surface area contributed by atoms with Crippen LogP contribution in [0.15, 0.2) is 24.4 Å². The fourth-order valence-corrected chi connectivity index (χ4v) is 1.60. The Morgan fingerprint density at radius 1 is 1.20 bits per heavy atom. The quantitative estimate of drug-likeness (QED) is 0.730. The van der Waals surface area contributed by atoms with E-state index in [2.05, 4.69) is 43.3 Å². The van der Waals surface area contributed by atoms with E-state index in [1.807, 2.05) is 18.5 Å². The van der Waals surface area contributed by atoms with E-state index in [4.69, 9.17) is 0 Å². The van der Waals surface area contributed by atoms with E-state index in [-0.39, 0.29) is 0 Å². The molecule has 0 aliphatic heterocycles. The molecular formula is C13H20N2. The van der Waals surface area contributed by atoms with Crippen LogP contribution in [0.4, 0.5) is 0 Å². The van der Waals surface area contributed by atoms with Crippen molar-refractivity contribution in [2.24, 2.45) is 0 Å². The molecule has 0 saturated carbocycles. The third-order valence-electron chi connectivity index (χ3n) is 2.37. The van der Waals surface area contributed by atoms with Gasteiger partial charge in [-0.2, -0.15) is 5.10 Å². The third-order valence-corrected chi connectivity index (χ3v) is 2.37. The molecular weight excluding hydrogens is 184 g/mol. The summed E-state index contributed by atoms with van der Waals surface area (Å²) in [4.78, 5) is 0. The van der Waals surface area contributed by atoms with Crippen LogP contribution in [-0.4, -0.2) is 9.78 Å². The molecule has 0 amide bonds. The Balaban J connectivity index is 0.000000531. The van der Waals surface area contributed by atoms with Crippen LogP contribution in [0.25, 0.3) is 10.9 Å². The predicted octanol–water partition coefficient (Wildman–Crippen LogP) is 3.64. The molecule has 2 nitrogen and oxygen atoms in total. The van der Waals surface area contributed by atoms with Crippen LogP contribution in [-0.2, 0) is 13.0 Å². The number of aromatic nitrogens is 2. The van der Waals surface area contributed by atoms with Crippen LogP contribution in [0.5, 0.6) is 0 Å². The van der Waals surface area contributed by atoms with Crippen LogP contribution in [0.1, 0.15) is 33.3 Å². The third kappa shape index (κ3) is 2.38. The number of aryl methyl sites for hydroxylation is 2. The predicted molar refractivity (Wildman–Crippen MR) is 66.1 cm³/mol. The van der Waals surface area contributed by atoms with E-state index in [1.54, 1.807) is 0 Å². The van der Waals surface area contributed by atoms with E-state index >= 15 is 0 Å². The molecule has 0 N–H and O–H groups in total. The fourth-order valence-electron chi connectivity index (χ4n) is 1.60. The number of benzene rings is 1. The number of hydrogen-bond donors (Lipinski definition) is 0. The van der Waals surface area contributed by atoms with Crippen molar-refractivity contribution in [1.82, 2.24) is 9.78 Å². The van der Waals surface area contributed by atoms with E-state index < -0.39 is 0 Å². The first kappa shape index (κ1) is 11.8. The molecule has 2 rings (SSSR count). The molecule has 2 heteroatoms. The standard InChI is InChI=1S/C11H14N2.C2H6/c1-3-9-6-5-7-10-8-13(4-2)12-11(9)10;1-2/h5-8H,3-4H2,1-2H3;1-2H3. The second-order valence-corrected chi connectivity index (χ2v) is 3.19. The van der Waals surface area contributed by atoms with Gasteiger partial charge in [-0.1, -0.05) is 39.0 Å². The molecule has 0 unspecified atom stereocenters. The highest BCUT2D eigenvalue weighted by atomic mass is 15.3. The van der Waals surface area contributed by atoms with Crippen molar-refractivity contribution in [1.29, 1.82) is 0 Å². The lowest BCUT2D eigenvalue weighted by Gasteiger charge is -1.95. The number of rotatable bonds is 2. The van der Waals surface area contributed by atoms with Crippen molar-refractivity contribution in [2.75, 3.05) is 0 Å². The molecule has 0 saturated heterocycles. The van der Waals surface area contributed by atoms with E-state index in [1.165, 1.54) is 10.9 Å². The zero-order valence-corrected chi connectivity index (χ0v) is 10.1. The van der Waals surface area contributed by atoms with Crippen molar-refractivity contribution in [3.05, 3.63) is 30.0 Å². The van der Waals surface area contributed by atoms with Gasteiger partial charge in [-0.25, -0.2) is 0 Å². The Bertz CT molecular complexity index is 415. The molecule has 0 radical (unpaired) electrons. The molecule has 15 heavy (non-hydrogen) atoms. The van der Waals surface area contributed by atoms with Crippen LogP contribution in [0, 0.1) is 0 Å². The number of fused-ring (bicyclic) bond motifs is 1. The van der Waals surface area contributed by atoms with Crippen LogP contribution in [0.3, 0.4) is 0 Å². The van der Waals surface area contributed by atoms with Gasteiger partial charge < -0.3 is 0 Å². The first-order valence-electron chi connectivity index (χ1n) is 5.80. The van der Waals surface area contributed by atoms with Gasteiger partial charge >= 0.3 is 0 Å². The molecule has 1 heterocycles. The van der Waals surface area contributed by atoms with Gasteiger partial charge in [0.15, 0.2) is 0 Å². The Morgan fingerprint density at radius 2 is 1.93 bits per heavy atom. The van der Waals surface area contributed by atoms with Crippen molar-refractivity contribution < 1.29 is 0 Å². The highest BCUT2D eigenvalue weighted by Gasteiger charge is 2.02. The van der Waals surface area contributed by atoms with Crippen LogP contribution < -0.4 is 0 Å². The maximum absolute atomic E-state index is 4.52. The summed E-state index contributed by atoms with van der Waals surface area (Å²) in [5, 5.41) is 5.77. The summed E-state index contributed by atoms with van der Waals surface area (Å²) < 4.78 is 1.99. The molecule has 2 aromatic rings. The first-order valence-corrected chi connectivity index (χ1v) is 5.80. The summed E-state index contributed by atoms with van der Waals surface area (Å²) in [5.74, 6) is 0. The molecule has 0 spiro atoms. The van der Waals surface area contributed by atoms with E-state index in [0.717, 1.165) is 18.5 Å². The SMILES string of the molecule is CC.CCc1cccc2cn(CC)nc12. The van der Waals surface area contributed by atoms with Crippen LogP contribution >= 0.6 is 0 Å². The summed E-state index contributed by atoms with van der Waals surface area (Å²) in [6.45, 7) is 9.22. The lowest BCUT2D eigenvalue weighted by molar-refractivity contribution is 0.667. The van der Waals surface area contributed by atoms with Crippen molar-refractivity contribution >= 4 is 10.9 Å². The lowest BCUT2D eigenvalue weighted by Crippen LogP contribution is -1.93. The average Bonchev–Trinajstić information content (AvgIpc) is 2.74. The minimum atomic E-state index is 0.942. The van der Waals surface area contributed by atoms with Crippen molar-refractivity contribution in [3.63, 3.8) is 0 Å². The second kappa shape index (κ2) is 5.54. The normalized spacial score (nSPS) is 9.87. The van der Waals surface area contributed by atoms with Gasteiger partial charge in [0.05, 0.1) is 5.52 Å². The monoisotopic (exact) mass is 204 g/mol. The Kier molecular flexibility index (Phi) is 4.35. The molecule has 1 aromatic heterocycles. The maximum Gasteiger partial charge on any atom is 0.0955 e. The fraction of sp³-hybridized carbons (Fsp3) is 0.462. The van der Waals surface area contributed by atoms with Gasteiger partial charge in [0.25, 0.3) is 0 Å². The maximum atomic E-state index is 4.52. The lowest BCUT2D eigenvalue weighted by atomic mass is 10.1. The van der Waals surface area contributed by atoms with Gasteiger partial charge in [-0.05, 0) is 18.9 Å². The summed E-state index contributed by atoms with van der Waals surface area (Å²) in [6.07, 6.45) is 3.16. The molecule has 0 aliphatic carbocycles. The van der Waals surface area contributed by atoms with Gasteiger partial charge in [0.1, 0.15) is 0 Å². The zero-order valence-electron chi connectivity index (χ0n) is 10.1. The first-order chi connectivity index (χ1) is 7.35. The summed E-state index contributed by atoms with van der Waals surface area (Å²) in [7, 11) is 0. The second-order valence-electron chi connectivity index (χ2n) is 3.19. The molecule has 1 aromatic carbocycles. The minimum Gasteiger partial charge on any atom is -0.272 e. The molecule has 82 valence electrons. The Labute approximate surface area is 91.9 Å². The highest BCUT2D eigenvalue weighted by Crippen LogP contribution is 2.17. The summed E-state index contributed by atoms with van der Waals surface area (Å²) in [6, 6.07) is 6.37. The summed E-state index contributed by atoms with van der Waals surface area (Å²) >= 11 is 0. The van der Waals surface area contributed by atoms with Gasteiger partial charge in [0, 0.05) is 18.1 Å². The smallest absolute Gasteiger partial charge is 0.0955 e. The minimum absolute atomic E-state index is 0.942. The number of nitrogens with zero attached hydrogens (tertiary/aromatic N) is 2. The van der Waals surface area contributed by atoms with Crippen molar-refractivity contribution in [3.8, 4) is 0 Å². The molecule has 0 fully saturated rings. The van der Waals surface area contributed by atoms with Crippen LogP contribution in [0.2, 0.25) is 0 Å². The topological polar surface area (TPSA) is 17.8 Å². The highest BCUT2D eigenvalue weighted by molar-refractivity contribution is 5.81. The summed E-state index contributed by atoms with van der Waals surface area (Å²) in [5.41, 5.74) is 2.50. The molecule has 0 aliphatic rings. The molecule has 0 atom stereocenters. The zero-order chi connectivity index (χ0) is 11.3. The van der Waals surface area contributed by atoms with E-state index in [0.29, 0.717) is 0 Å². The number of hydrogen-bond acceptors (Lipinski definition) is 1. The van der Waals surface area contributed by atoms with Crippen molar-refractivity contribution in [2.45, 2.75) is 40.7 Å². The Hall–Kier alpha value is -1.31. The van der Waals surface area contributed by atoms with Gasteiger partial charge in [-0.3, -0.25) is 4.68 Å². The Morgan fingerprint density at radius 3 is 2.53 bits per heavy atom.